The van der Waals surface area contributed by atoms with Crippen molar-refractivity contribution >= 4 is 0 Å². The van der Waals surface area contributed by atoms with Crippen molar-refractivity contribution in [2.75, 3.05) is 13.7 Å². The molecule has 2 nitrogen and oxygen atoms in total. The first kappa shape index (κ1) is 8.87. The Morgan fingerprint density at radius 2 is 1.80 bits per heavy atom. The Kier molecular flexibility index (Phi) is 16.1. The van der Waals surface area contributed by atoms with Crippen LogP contribution < -0.4 is 0 Å². The Hall–Kier alpha value is -0.0800. The summed E-state index contributed by atoms with van der Waals surface area (Å²) >= 11 is 0. The molecule has 0 spiro atoms. The van der Waals surface area contributed by atoms with E-state index in [4.69, 9.17) is 0 Å². The molecule has 0 fully saturated rings. The number of ether oxygens (including phenoxy) is 1. The smallest absolute Gasteiger partial charge is 0.0433 e. The molecular weight excluding hydrogens is 68.0 g/mol. The molecule has 0 saturated carbocycles. The molecule has 0 amide bonds. The zero-order chi connectivity index (χ0) is 3.41. The summed E-state index contributed by atoms with van der Waals surface area (Å²) in [6.45, 7) is 2.78. The summed E-state index contributed by atoms with van der Waals surface area (Å²) in [6, 6.07) is 0. The largest absolute Gasteiger partial charge is 0.412 e. The van der Waals surface area contributed by atoms with Crippen molar-refractivity contribution in [3.63, 3.8) is 0 Å². The summed E-state index contributed by atoms with van der Waals surface area (Å²) in [6.07, 6.45) is 0. The van der Waals surface area contributed by atoms with Crippen molar-refractivity contribution in [3.05, 3.63) is 0 Å². The first-order valence-corrected chi connectivity index (χ1v) is 1.40. The molecular formula is C3H10O2. The fraction of sp³-hybridized carbons (Fsp3) is 1.00. The third kappa shape index (κ3) is 17.1. The molecule has 0 atom stereocenters. The van der Waals surface area contributed by atoms with Gasteiger partial charge in [0, 0.05) is 13.7 Å². The monoisotopic (exact) mass is 78.1 g/mol. The third-order valence-electron chi connectivity index (χ3n) is 0.289. The molecule has 2 heteroatoms. The zero-order valence-electron chi connectivity index (χ0n) is 3.62. The molecule has 0 aromatic carbocycles. The average Bonchev–Trinajstić information content (AvgIpc) is 1.37. The van der Waals surface area contributed by atoms with Crippen LogP contribution in [0.25, 0.3) is 0 Å². The first-order valence-electron chi connectivity index (χ1n) is 1.40. The predicted octanol–water partition coefficient (Wildman–Crippen LogP) is -0.172. The molecule has 0 unspecified atom stereocenters. The van der Waals surface area contributed by atoms with E-state index in [0.717, 1.165) is 6.61 Å². The summed E-state index contributed by atoms with van der Waals surface area (Å²) < 4.78 is 4.54. The van der Waals surface area contributed by atoms with Gasteiger partial charge in [0.15, 0.2) is 0 Å². The van der Waals surface area contributed by atoms with Gasteiger partial charge in [-0.2, -0.15) is 0 Å². The number of rotatable bonds is 1. The van der Waals surface area contributed by atoms with Crippen LogP contribution in [0.1, 0.15) is 6.92 Å². The van der Waals surface area contributed by atoms with E-state index in [1.54, 1.807) is 7.11 Å². The summed E-state index contributed by atoms with van der Waals surface area (Å²) in [5, 5.41) is 0. The van der Waals surface area contributed by atoms with Crippen molar-refractivity contribution in [2.24, 2.45) is 0 Å². The van der Waals surface area contributed by atoms with Crippen LogP contribution in [-0.4, -0.2) is 19.2 Å². The van der Waals surface area contributed by atoms with Gasteiger partial charge in [-0.15, -0.1) is 0 Å². The van der Waals surface area contributed by atoms with E-state index in [9.17, 15) is 0 Å². The van der Waals surface area contributed by atoms with Crippen molar-refractivity contribution in [3.8, 4) is 0 Å². The highest BCUT2D eigenvalue weighted by Gasteiger charge is 1.51. The standard InChI is InChI=1S/C3H8O.H2O/c1-3-4-2;/h3H2,1-2H3;1H2. The fourth-order valence-electron chi connectivity index (χ4n) is 0. The van der Waals surface area contributed by atoms with Crippen LogP contribution in [-0.2, 0) is 4.74 Å². The molecule has 0 aromatic rings. The molecule has 0 aliphatic rings. The maximum absolute atomic E-state index is 4.54. The van der Waals surface area contributed by atoms with Crippen molar-refractivity contribution in [2.45, 2.75) is 6.92 Å². The maximum atomic E-state index is 4.54. The molecule has 34 valence electrons. The van der Waals surface area contributed by atoms with Gasteiger partial charge in [0.05, 0.1) is 0 Å². The zero-order valence-corrected chi connectivity index (χ0v) is 3.62. The second-order valence-electron chi connectivity index (χ2n) is 0.577. The highest BCUT2D eigenvalue weighted by molar-refractivity contribution is 3.94. The molecule has 0 heterocycles. The van der Waals surface area contributed by atoms with Crippen LogP contribution in [0.2, 0.25) is 0 Å². The van der Waals surface area contributed by atoms with E-state index < -0.39 is 0 Å². The second kappa shape index (κ2) is 9.07. The summed E-state index contributed by atoms with van der Waals surface area (Å²) in [5.74, 6) is 0. The van der Waals surface area contributed by atoms with Crippen LogP contribution in [0.3, 0.4) is 0 Å². The van der Waals surface area contributed by atoms with Crippen molar-refractivity contribution in [1.29, 1.82) is 0 Å². The Morgan fingerprint density at radius 3 is 1.80 bits per heavy atom. The van der Waals surface area contributed by atoms with Crippen molar-refractivity contribution < 1.29 is 10.2 Å². The summed E-state index contributed by atoms with van der Waals surface area (Å²) in [4.78, 5) is 0. The van der Waals surface area contributed by atoms with Gasteiger partial charge in [-0.1, -0.05) is 0 Å². The molecule has 0 bridgehead atoms. The SMILES string of the molecule is CCOC.O. The fourth-order valence-corrected chi connectivity index (χ4v) is 0. The third-order valence-corrected chi connectivity index (χ3v) is 0.289. The molecule has 2 N–H and O–H groups in total. The lowest BCUT2D eigenvalue weighted by atomic mass is 10.9. The van der Waals surface area contributed by atoms with Crippen LogP contribution in [0, 0.1) is 0 Å². The normalized spacial score (nSPS) is 6.00. The average molecular weight is 78.1 g/mol. The van der Waals surface area contributed by atoms with E-state index in [0.29, 0.717) is 0 Å². The highest BCUT2D eigenvalue weighted by atomic mass is 16.5. The van der Waals surface area contributed by atoms with Crippen LogP contribution in [0.5, 0.6) is 0 Å². The van der Waals surface area contributed by atoms with E-state index >= 15 is 0 Å². The highest BCUT2D eigenvalue weighted by Crippen LogP contribution is 1.52. The Bertz CT molecular complexity index is 6.85. The van der Waals surface area contributed by atoms with Gasteiger partial charge in [0.2, 0.25) is 0 Å². The van der Waals surface area contributed by atoms with Crippen LogP contribution in [0.15, 0.2) is 0 Å². The van der Waals surface area contributed by atoms with E-state index in [1.165, 1.54) is 0 Å². The van der Waals surface area contributed by atoms with E-state index in [1.807, 2.05) is 6.92 Å². The first-order chi connectivity index (χ1) is 1.91. The van der Waals surface area contributed by atoms with Gasteiger partial charge in [-0.3, -0.25) is 0 Å². The van der Waals surface area contributed by atoms with Gasteiger partial charge in [0.25, 0.3) is 0 Å². The lowest BCUT2D eigenvalue weighted by molar-refractivity contribution is 0.215. The number of methoxy groups -OCH3 is 1. The number of hydrogen-bond acceptors (Lipinski definition) is 1. The Balaban J connectivity index is 0. The molecule has 0 rings (SSSR count). The maximum Gasteiger partial charge on any atom is 0.0433 e. The topological polar surface area (TPSA) is 40.7 Å². The predicted molar refractivity (Wildman–Crippen MR) is 21.2 cm³/mol. The lowest BCUT2D eigenvalue weighted by Crippen LogP contribution is -1.73. The molecule has 5 heavy (non-hydrogen) atoms. The van der Waals surface area contributed by atoms with Gasteiger partial charge >= 0.3 is 0 Å². The van der Waals surface area contributed by atoms with Gasteiger partial charge in [-0.25, -0.2) is 0 Å². The van der Waals surface area contributed by atoms with E-state index in [-0.39, 0.29) is 5.48 Å². The molecule has 0 saturated heterocycles. The Labute approximate surface area is 32.1 Å². The van der Waals surface area contributed by atoms with E-state index in [2.05, 4.69) is 4.74 Å². The minimum Gasteiger partial charge on any atom is -0.412 e. The van der Waals surface area contributed by atoms with Gasteiger partial charge in [-0.05, 0) is 6.92 Å². The Morgan fingerprint density at radius 1 is 1.60 bits per heavy atom. The van der Waals surface area contributed by atoms with Crippen molar-refractivity contribution in [1.82, 2.24) is 0 Å². The minimum atomic E-state index is 0. The van der Waals surface area contributed by atoms with Crippen LogP contribution >= 0.6 is 0 Å². The summed E-state index contributed by atoms with van der Waals surface area (Å²) in [7, 11) is 1.68. The summed E-state index contributed by atoms with van der Waals surface area (Å²) in [5.41, 5.74) is 0. The molecule has 0 radical (unpaired) electrons. The molecule has 0 aromatic heterocycles. The minimum absolute atomic E-state index is 0. The number of hydrogen-bond donors (Lipinski definition) is 0. The van der Waals surface area contributed by atoms with Gasteiger partial charge in [0.1, 0.15) is 0 Å². The molecule has 0 aliphatic heterocycles. The second-order valence-corrected chi connectivity index (χ2v) is 0.577. The van der Waals surface area contributed by atoms with Gasteiger partial charge < -0.3 is 10.2 Å². The van der Waals surface area contributed by atoms with Crippen LogP contribution in [0.4, 0.5) is 0 Å². The lowest BCUT2D eigenvalue weighted by Gasteiger charge is -1.76. The molecule has 0 aliphatic carbocycles. The quantitative estimate of drug-likeness (QED) is 0.429.